The number of benzene rings is 2. The zero-order valence-corrected chi connectivity index (χ0v) is 19.6. The lowest BCUT2D eigenvalue weighted by Crippen LogP contribution is -2.46. The molecule has 0 unspecified atom stereocenters. The van der Waals surface area contributed by atoms with E-state index in [0.717, 1.165) is 41.8 Å². The number of amides is 1. The molecule has 2 atom stereocenters. The zero-order chi connectivity index (χ0) is 21.1. The second-order valence-electron chi connectivity index (χ2n) is 8.88. The summed E-state index contributed by atoms with van der Waals surface area (Å²) in [6, 6.07) is 11.4. The van der Waals surface area contributed by atoms with E-state index in [4.69, 9.17) is 0 Å². The van der Waals surface area contributed by atoms with E-state index in [0.29, 0.717) is 13.0 Å². The van der Waals surface area contributed by atoms with Crippen molar-refractivity contribution < 1.29 is 9.18 Å². The number of piperidine rings is 1. The Labute approximate surface area is 186 Å². The normalized spacial score (nSPS) is 19.2. The van der Waals surface area contributed by atoms with Crippen LogP contribution in [0.15, 0.2) is 36.4 Å². The van der Waals surface area contributed by atoms with Crippen LogP contribution >= 0.6 is 12.4 Å². The quantitative estimate of drug-likeness (QED) is 0.626. The van der Waals surface area contributed by atoms with Gasteiger partial charge in [-0.3, -0.25) is 4.79 Å². The van der Waals surface area contributed by atoms with Crippen molar-refractivity contribution in [1.82, 2.24) is 4.90 Å². The van der Waals surface area contributed by atoms with Crippen LogP contribution in [-0.2, 0) is 17.6 Å². The summed E-state index contributed by atoms with van der Waals surface area (Å²) >= 11 is 0. The van der Waals surface area contributed by atoms with Crippen molar-refractivity contribution in [2.45, 2.75) is 40.0 Å². The zero-order valence-electron chi connectivity index (χ0n) is 18.7. The molecule has 0 aromatic heterocycles. The van der Waals surface area contributed by atoms with Crippen LogP contribution in [-0.4, -0.2) is 38.0 Å². The molecule has 0 radical (unpaired) electrons. The standard InChI is InChI=1S/C25H33FN2O.ClH/c1-17-12-20(10-11-27(4)5)13-18(2)24(17)28-16-21(14-19(3)25(28)29)15-22-8-6-7-9-23(22)26;/h6-9,12-13,19,21H,10-11,14-16H2,1-5H3;1H/t19-,21-;/m1./s1. The molecule has 0 N–H and O–H groups in total. The summed E-state index contributed by atoms with van der Waals surface area (Å²) in [5.41, 5.74) is 5.37. The van der Waals surface area contributed by atoms with Gasteiger partial charge in [0.25, 0.3) is 0 Å². The van der Waals surface area contributed by atoms with E-state index in [1.165, 1.54) is 11.6 Å². The monoisotopic (exact) mass is 432 g/mol. The Kier molecular flexibility index (Phi) is 8.45. The highest BCUT2D eigenvalue weighted by Gasteiger charge is 2.34. The molecule has 0 bridgehead atoms. The maximum Gasteiger partial charge on any atom is 0.229 e. The molecule has 30 heavy (non-hydrogen) atoms. The Hall–Kier alpha value is -1.91. The molecular formula is C25H34ClFN2O. The van der Waals surface area contributed by atoms with Crippen LogP contribution in [0.5, 0.6) is 0 Å². The van der Waals surface area contributed by atoms with Crippen molar-refractivity contribution in [3.63, 3.8) is 0 Å². The minimum Gasteiger partial charge on any atom is -0.311 e. The molecule has 1 amide bonds. The third-order valence-electron chi connectivity index (χ3n) is 5.95. The fourth-order valence-corrected chi connectivity index (χ4v) is 4.58. The Morgan fingerprint density at radius 2 is 1.77 bits per heavy atom. The van der Waals surface area contributed by atoms with E-state index in [2.05, 4.69) is 45.0 Å². The Balaban J connectivity index is 0.00000320. The number of anilines is 1. The largest absolute Gasteiger partial charge is 0.311 e. The SMILES string of the molecule is Cc1cc(CCN(C)C)cc(C)c1N1C[C@@H](Cc2ccccc2F)C[C@@H](C)C1=O.Cl. The summed E-state index contributed by atoms with van der Waals surface area (Å²) in [5, 5.41) is 0. The van der Waals surface area contributed by atoms with E-state index < -0.39 is 0 Å². The van der Waals surface area contributed by atoms with Gasteiger partial charge < -0.3 is 9.80 Å². The predicted octanol–water partition coefficient (Wildman–Crippen LogP) is 5.20. The molecular weight excluding hydrogens is 399 g/mol. The highest BCUT2D eigenvalue weighted by molar-refractivity contribution is 5.97. The number of hydrogen-bond donors (Lipinski definition) is 0. The lowest BCUT2D eigenvalue weighted by molar-refractivity contribution is -0.124. The van der Waals surface area contributed by atoms with Crippen molar-refractivity contribution in [2.75, 3.05) is 32.1 Å². The number of carbonyl (C=O) groups is 1. The van der Waals surface area contributed by atoms with E-state index in [1.807, 2.05) is 24.0 Å². The first-order valence-electron chi connectivity index (χ1n) is 10.6. The highest BCUT2D eigenvalue weighted by Crippen LogP contribution is 2.34. The second-order valence-corrected chi connectivity index (χ2v) is 8.88. The van der Waals surface area contributed by atoms with Crippen LogP contribution in [0.2, 0.25) is 0 Å². The van der Waals surface area contributed by atoms with Gasteiger partial charge in [-0.2, -0.15) is 0 Å². The summed E-state index contributed by atoms with van der Waals surface area (Å²) in [5.74, 6) is 0.239. The Morgan fingerprint density at radius 3 is 2.37 bits per heavy atom. The number of nitrogens with zero attached hydrogens (tertiary/aromatic N) is 2. The van der Waals surface area contributed by atoms with Gasteiger partial charge in [-0.1, -0.05) is 37.3 Å². The summed E-state index contributed by atoms with van der Waals surface area (Å²) in [6.07, 6.45) is 2.47. The molecule has 0 saturated carbocycles. The van der Waals surface area contributed by atoms with Crippen LogP contribution in [0.4, 0.5) is 10.1 Å². The fraction of sp³-hybridized carbons (Fsp3) is 0.480. The first-order valence-corrected chi connectivity index (χ1v) is 10.6. The van der Waals surface area contributed by atoms with E-state index >= 15 is 0 Å². The predicted molar refractivity (Wildman–Crippen MR) is 125 cm³/mol. The summed E-state index contributed by atoms with van der Waals surface area (Å²) in [7, 11) is 4.16. The van der Waals surface area contributed by atoms with Crippen molar-refractivity contribution in [3.8, 4) is 0 Å². The first-order chi connectivity index (χ1) is 13.8. The summed E-state index contributed by atoms with van der Waals surface area (Å²) in [6.45, 7) is 7.84. The van der Waals surface area contributed by atoms with Crippen LogP contribution in [0.25, 0.3) is 0 Å². The number of halogens is 2. The van der Waals surface area contributed by atoms with Gasteiger partial charge in [0.1, 0.15) is 5.82 Å². The molecule has 0 spiro atoms. The van der Waals surface area contributed by atoms with Gasteiger partial charge >= 0.3 is 0 Å². The number of rotatable bonds is 6. The van der Waals surface area contributed by atoms with Crippen molar-refractivity contribution in [2.24, 2.45) is 11.8 Å². The molecule has 3 rings (SSSR count). The van der Waals surface area contributed by atoms with Crippen LogP contribution in [0, 0.1) is 31.5 Å². The van der Waals surface area contributed by atoms with E-state index in [1.54, 1.807) is 6.07 Å². The van der Waals surface area contributed by atoms with Crippen molar-refractivity contribution in [1.29, 1.82) is 0 Å². The van der Waals surface area contributed by atoms with E-state index in [9.17, 15) is 9.18 Å². The highest BCUT2D eigenvalue weighted by atomic mass is 35.5. The molecule has 2 aromatic carbocycles. The Bertz CT molecular complexity index is 860. The summed E-state index contributed by atoms with van der Waals surface area (Å²) < 4.78 is 14.2. The van der Waals surface area contributed by atoms with Gasteiger partial charge in [0.2, 0.25) is 5.91 Å². The minimum atomic E-state index is -0.152. The van der Waals surface area contributed by atoms with Crippen molar-refractivity contribution in [3.05, 3.63) is 64.5 Å². The van der Waals surface area contributed by atoms with Gasteiger partial charge in [-0.25, -0.2) is 4.39 Å². The van der Waals surface area contributed by atoms with Gasteiger partial charge in [-0.15, -0.1) is 12.4 Å². The molecule has 1 aliphatic rings. The Morgan fingerprint density at radius 1 is 1.13 bits per heavy atom. The van der Waals surface area contributed by atoms with Crippen LogP contribution < -0.4 is 4.90 Å². The van der Waals surface area contributed by atoms with Crippen LogP contribution in [0.1, 0.15) is 35.6 Å². The molecule has 3 nitrogen and oxygen atoms in total. The minimum absolute atomic E-state index is 0. The molecule has 1 aliphatic heterocycles. The lowest BCUT2D eigenvalue weighted by atomic mass is 9.84. The molecule has 1 heterocycles. The van der Waals surface area contributed by atoms with Gasteiger partial charge in [0, 0.05) is 24.7 Å². The molecule has 1 saturated heterocycles. The van der Waals surface area contributed by atoms with Gasteiger partial charge in [-0.05, 0) is 81.4 Å². The summed E-state index contributed by atoms with van der Waals surface area (Å²) in [4.78, 5) is 17.2. The molecule has 0 aliphatic carbocycles. The number of carbonyl (C=O) groups excluding carboxylic acids is 1. The average molecular weight is 433 g/mol. The second kappa shape index (κ2) is 10.4. The third-order valence-corrected chi connectivity index (χ3v) is 5.95. The number of hydrogen-bond acceptors (Lipinski definition) is 2. The van der Waals surface area contributed by atoms with E-state index in [-0.39, 0.29) is 36.0 Å². The van der Waals surface area contributed by atoms with Crippen molar-refractivity contribution >= 4 is 24.0 Å². The topological polar surface area (TPSA) is 23.6 Å². The van der Waals surface area contributed by atoms with Gasteiger partial charge in [0.05, 0.1) is 0 Å². The molecule has 5 heteroatoms. The molecule has 164 valence electrons. The molecule has 2 aromatic rings. The molecule has 1 fully saturated rings. The smallest absolute Gasteiger partial charge is 0.229 e. The fourth-order valence-electron chi connectivity index (χ4n) is 4.58. The maximum absolute atomic E-state index is 14.2. The van der Waals surface area contributed by atoms with Crippen LogP contribution in [0.3, 0.4) is 0 Å². The maximum atomic E-state index is 14.2. The average Bonchev–Trinajstić information content (AvgIpc) is 2.65. The number of aryl methyl sites for hydroxylation is 2. The lowest BCUT2D eigenvalue weighted by Gasteiger charge is -2.38. The first kappa shape index (κ1) is 24.4. The number of likely N-dealkylation sites (N-methyl/N-ethyl adjacent to an activating group) is 1. The van der Waals surface area contributed by atoms with Gasteiger partial charge in [0.15, 0.2) is 0 Å². The third kappa shape index (κ3) is 5.61.